The average Bonchev–Trinajstić information content (AvgIpc) is 3.32. The summed E-state index contributed by atoms with van der Waals surface area (Å²) in [5.74, 6) is -1.45. The van der Waals surface area contributed by atoms with Gasteiger partial charge in [-0.05, 0) is 96.4 Å². The minimum absolute atomic E-state index is 0.0379. The first-order valence-electron chi connectivity index (χ1n) is 19.3. The Morgan fingerprint density at radius 3 is 1.89 bits per heavy atom. The summed E-state index contributed by atoms with van der Waals surface area (Å²) < 4.78 is 108. The van der Waals surface area contributed by atoms with E-state index in [4.69, 9.17) is 30.9 Å². The van der Waals surface area contributed by atoms with Crippen molar-refractivity contribution in [2.45, 2.75) is 26.5 Å². The van der Waals surface area contributed by atoms with Crippen LogP contribution in [0.2, 0.25) is 0 Å². The summed E-state index contributed by atoms with van der Waals surface area (Å²) >= 11 is 0.543. The molecule has 0 fully saturated rings. The molecule has 1 amide bonds. The normalized spacial score (nSPS) is 12.4. The van der Waals surface area contributed by atoms with Crippen molar-refractivity contribution in [2.75, 3.05) is 41.0 Å². The van der Waals surface area contributed by atoms with Crippen molar-refractivity contribution in [3.8, 4) is 11.5 Å². The number of benzene rings is 6. The fourth-order valence-corrected chi connectivity index (χ4v) is 9.67. The Hall–Kier alpha value is -6.92. The average molecular weight is 1080 g/mol. The van der Waals surface area contributed by atoms with Gasteiger partial charge in [-0.15, -0.1) is 24.0 Å². The molecule has 10 N–H and O–H groups in total. The van der Waals surface area contributed by atoms with Crippen LogP contribution in [-0.4, -0.2) is 70.8 Å². The Morgan fingerprint density at radius 2 is 1.31 bits per heavy atom. The zero-order chi connectivity index (χ0) is 51.5. The summed E-state index contributed by atoms with van der Waals surface area (Å²) in [7, 11) is -11.8. The number of rotatable bonds is 22. The number of carbonyl (C=O) groups excluding carboxylic acids is 1. The Kier molecular flexibility index (Phi) is 17.6. The molecule has 32 heteroatoms. The third-order valence-electron chi connectivity index (χ3n) is 9.21. The number of ether oxygens (including phenoxy) is 1. The third kappa shape index (κ3) is 13.7. The summed E-state index contributed by atoms with van der Waals surface area (Å²) in [5, 5.41) is 62.0. The standard InChI is InChI=1S/C39H36N10O17S5/c1-21(50)42-30-19-29(40)32(61-2)20-31(30)46-43-23-3-5-26(6-4-23)49-70(56,57)28-13-9-25(10-14-28)45-48-38-34(71(58,59)60)18-22-17-33(67-65-63-52)37(36(41)35(22)39(38)51)47-44-24-7-11-27(12-8-24)69(54,55)16-15-62-68-66-64-53/h3-14,17-20,49,51-53H,15-16,40-41H2,1-2H3,(H,42,50)(H,58,59,60). The number of phenolic OH excluding ortho intramolecular Hbond substituents is 1. The number of anilines is 4. The number of amides is 1. The number of sulfonamides is 1. The highest BCUT2D eigenvalue weighted by molar-refractivity contribution is 7.94. The largest absolute Gasteiger partial charge is 0.505 e. The van der Waals surface area contributed by atoms with Crippen LogP contribution in [0.3, 0.4) is 0 Å². The number of nitrogens with two attached hydrogens (primary N) is 2. The van der Waals surface area contributed by atoms with Crippen molar-refractivity contribution in [3.63, 3.8) is 0 Å². The van der Waals surface area contributed by atoms with Gasteiger partial charge in [0.25, 0.3) is 20.1 Å². The molecular weight excluding hydrogens is 1040 g/mol. The second-order valence-electron chi connectivity index (χ2n) is 13.9. The molecule has 0 aromatic heterocycles. The highest BCUT2D eigenvalue weighted by Gasteiger charge is 2.26. The summed E-state index contributed by atoms with van der Waals surface area (Å²) in [5.41, 5.74) is 12.3. The van der Waals surface area contributed by atoms with Crippen molar-refractivity contribution in [1.29, 1.82) is 0 Å². The maximum atomic E-state index is 13.3. The predicted molar refractivity (Wildman–Crippen MR) is 255 cm³/mol. The number of carbonyl (C=O) groups is 1. The first-order chi connectivity index (χ1) is 33.7. The van der Waals surface area contributed by atoms with Gasteiger partial charge in [-0.3, -0.25) is 18.3 Å². The van der Waals surface area contributed by atoms with E-state index >= 15 is 0 Å². The molecule has 0 saturated carbocycles. The topological polar surface area (TPSA) is 406 Å². The van der Waals surface area contributed by atoms with E-state index in [1.54, 1.807) is 0 Å². The van der Waals surface area contributed by atoms with Gasteiger partial charge in [0.2, 0.25) is 5.91 Å². The molecule has 0 heterocycles. The van der Waals surface area contributed by atoms with E-state index in [0.29, 0.717) is 23.5 Å². The first kappa shape index (κ1) is 53.4. The zero-order valence-corrected chi connectivity index (χ0v) is 40.2. The smallest absolute Gasteiger partial charge is 0.296 e. The molecule has 0 bridgehead atoms. The minimum atomic E-state index is -5.15. The monoisotopic (exact) mass is 1080 g/mol. The van der Waals surface area contributed by atoms with E-state index in [0.717, 1.165) is 6.07 Å². The molecule has 0 atom stereocenters. The lowest BCUT2D eigenvalue weighted by Crippen LogP contribution is -2.12. The van der Waals surface area contributed by atoms with Crippen LogP contribution in [0, 0.1) is 0 Å². The van der Waals surface area contributed by atoms with Crippen LogP contribution in [0.25, 0.3) is 10.8 Å². The number of methoxy groups -OCH3 is 1. The van der Waals surface area contributed by atoms with E-state index < -0.39 is 52.1 Å². The first-order valence-corrected chi connectivity index (χ1v) is 25.3. The van der Waals surface area contributed by atoms with Crippen LogP contribution in [0.15, 0.2) is 147 Å². The molecule has 0 saturated heterocycles. The lowest BCUT2D eigenvalue weighted by molar-refractivity contribution is -0.434. The fourth-order valence-electron chi connectivity index (χ4n) is 6.04. The SMILES string of the molecule is COc1cc(N=Nc2ccc(NS(=O)(=O)c3ccc(N=Nc4c(S(=O)(=O)O)cc5cc(SOOO)c(N=Nc6ccc(S(=O)(=O)CCOSOOO)cc6)c(N)c5c4O)cc3)cc2)c(NC(C)=O)cc1N. The highest BCUT2D eigenvalue weighted by Crippen LogP contribution is 2.49. The van der Waals surface area contributed by atoms with Gasteiger partial charge in [0, 0.05) is 18.7 Å². The number of nitrogens with zero attached hydrogens (tertiary/aromatic N) is 6. The van der Waals surface area contributed by atoms with E-state index in [2.05, 4.69) is 59.5 Å². The number of phenols is 1. The van der Waals surface area contributed by atoms with Crippen molar-refractivity contribution in [3.05, 3.63) is 97.1 Å². The molecule has 0 unspecified atom stereocenters. The van der Waals surface area contributed by atoms with Gasteiger partial charge in [-0.2, -0.15) is 23.8 Å². The van der Waals surface area contributed by atoms with Crippen LogP contribution in [0.4, 0.5) is 56.9 Å². The van der Waals surface area contributed by atoms with Crippen molar-refractivity contribution in [1.82, 2.24) is 0 Å². The van der Waals surface area contributed by atoms with Gasteiger partial charge in [0.1, 0.15) is 27.7 Å². The second kappa shape index (κ2) is 23.3. The van der Waals surface area contributed by atoms with Crippen LogP contribution in [0.5, 0.6) is 11.5 Å². The van der Waals surface area contributed by atoms with E-state index in [1.165, 1.54) is 105 Å². The van der Waals surface area contributed by atoms with E-state index in [9.17, 15) is 39.7 Å². The van der Waals surface area contributed by atoms with Gasteiger partial charge in [0.15, 0.2) is 27.9 Å². The van der Waals surface area contributed by atoms with Crippen LogP contribution < -0.4 is 26.2 Å². The molecule has 0 aliphatic carbocycles. The van der Waals surface area contributed by atoms with Crippen LogP contribution in [-0.2, 0) is 57.7 Å². The maximum Gasteiger partial charge on any atom is 0.296 e. The molecule has 6 aromatic carbocycles. The number of aromatic hydroxyl groups is 1. The molecule has 0 aliphatic heterocycles. The number of sulfone groups is 1. The zero-order valence-electron chi connectivity index (χ0n) is 36.1. The molecule has 0 spiro atoms. The number of nitrogens with one attached hydrogen (secondary N) is 2. The van der Waals surface area contributed by atoms with Gasteiger partial charge >= 0.3 is 0 Å². The molecule has 0 aliphatic rings. The second-order valence-corrected chi connectivity index (χ2v) is 20.3. The summed E-state index contributed by atoms with van der Waals surface area (Å²) in [6, 6.07) is 20.7. The third-order valence-corrected chi connectivity index (χ3v) is 14.2. The summed E-state index contributed by atoms with van der Waals surface area (Å²) in [6.45, 7) is 0.983. The predicted octanol–water partition coefficient (Wildman–Crippen LogP) is 9.17. The number of hydrogen-bond donors (Lipinski definition) is 8. The number of nitrogen functional groups attached to an aromatic ring is 2. The number of azo groups is 3. The summed E-state index contributed by atoms with van der Waals surface area (Å²) in [4.78, 5) is 10.4. The molecule has 71 heavy (non-hydrogen) atoms. The van der Waals surface area contributed by atoms with E-state index in [1.807, 2.05) is 0 Å². The molecule has 27 nitrogen and oxygen atoms in total. The van der Waals surface area contributed by atoms with E-state index in [-0.39, 0.29) is 95.8 Å². The Balaban J connectivity index is 1.23. The highest BCUT2D eigenvalue weighted by atomic mass is 32.2. The minimum Gasteiger partial charge on any atom is -0.505 e. The molecule has 374 valence electrons. The van der Waals surface area contributed by atoms with Gasteiger partial charge in [-0.1, -0.05) is 10.1 Å². The Morgan fingerprint density at radius 1 is 0.732 bits per heavy atom. The van der Waals surface area contributed by atoms with Crippen LogP contribution in [0.1, 0.15) is 6.92 Å². The lowest BCUT2D eigenvalue weighted by atomic mass is 10.1. The van der Waals surface area contributed by atoms with Crippen molar-refractivity contribution in [2.24, 2.45) is 30.7 Å². The fraction of sp³-hybridized carbons (Fsp3) is 0.103. The molecular formula is C39H36N10O17S5. The van der Waals surface area contributed by atoms with Crippen molar-refractivity contribution >= 4 is 128 Å². The van der Waals surface area contributed by atoms with Gasteiger partial charge in [-0.25, -0.2) is 27.4 Å². The molecule has 6 rings (SSSR count). The maximum absolute atomic E-state index is 13.3. The summed E-state index contributed by atoms with van der Waals surface area (Å²) in [6.07, 6.45) is 0. The van der Waals surface area contributed by atoms with Gasteiger partial charge < -0.3 is 26.6 Å². The Bertz CT molecular complexity index is 3370. The van der Waals surface area contributed by atoms with Gasteiger partial charge in [0.05, 0.1) is 85.7 Å². The number of hydrogen-bond acceptors (Lipinski definition) is 26. The van der Waals surface area contributed by atoms with Crippen LogP contribution >= 0.6 is 24.4 Å². The lowest BCUT2D eigenvalue weighted by Gasteiger charge is -2.14. The quantitative estimate of drug-likeness (QED) is 0.00597. The molecule has 6 aromatic rings. The molecule has 0 radical (unpaired) electrons. The number of fused-ring (bicyclic) bond motifs is 1. The Labute approximate surface area is 410 Å². The van der Waals surface area contributed by atoms with Crippen molar-refractivity contribution < 1.29 is 77.9 Å².